The third kappa shape index (κ3) is 1.97. The minimum Gasteiger partial charge on any atom is -0.271 e. The molecular formula is C14H17NO2. The van der Waals surface area contributed by atoms with Crippen LogP contribution in [0.5, 0.6) is 0 Å². The molecule has 1 aromatic rings. The van der Waals surface area contributed by atoms with E-state index in [1.165, 1.54) is 4.90 Å². The molecule has 0 aliphatic carbocycles. The maximum absolute atomic E-state index is 12.1. The number of hydrogen-bond donors (Lipinski definition) is 0. The summed E-state index contributed by atoms with van der Waals surface area (Å²) in [4.78, 5) is 25.7. The topological polar surface area (TPSA) is 37.4 Å². The molecular weight excluding hydrogens is 214 g/mol. The van der Waals surface area contributed by atoms with Gasteiger partial charge in [0, 0.05) is 6.04 Å². The van der Waals surface area contributed by atoms with Crippen LogP contribution in [0.2, 0.25) is 0 Å². The highest BCUT2D eigenvalue weighted by Gasteiger charge is 2.37. The van der Waals surface area contributed by atoms with Crippen LogP contribution < -0.4 is 0 Å². The van der Waals surface area contributed by atoms with Crippen molar-refractivity contribution in [3.05, 3.63) is 35.4 Å². The van der Waals surface area contributed by atoms with Crippen molar-refractivity contribution >= 4 is 11.8 Å². The first kappa shape index (κ1) is 11.8. The summed E-state index contributed by atoms with van der Waals surface area (Å²) in [6.45, 7) is 6.12. The number of fused-ring (bicyclic) bond motifs is 1. The first-order valence-corrected chi connectivity index (χ1v) is 5.99. The van der Waals surface area contributed by atoms with E-state index in [-0.39, 0.29) is 17.9 Å². The fraction of sp³-hybridized carbons (Fsp3) is 0.429. The molecule has 3 heteroatoms. The molecule has 1 heterocycles. The molecule has 0 unspecified atom stereocenters. The van der Waals surface area contributed by atoms with E-state index in [4.69, 9.17) is 0 Å². The van der Waals surface area contributed by atoms with Gasteiger partial charge in [0.15, 0.2) is 0 Å². The Morgan fingerprint density at radius 2 is 1.47 bits per heavy atom. The fourth-order valence-electron chi connectivity index (χ4n) is 2.40. The lowest BCUT2D eigenvalue weighted by Crippen LogP contribution is -2.38. The second kappa shape index (κ2) is 4.32. The lowest BCUT2D eigenvalue weighted by atomic mass is 10.0. The molecule has 2 rings (SSSR count). The van der Waals surface area contributed by atoms with Crippen molar-refractivity contribution in [1.29, 1.82) is 0 Å². The van der Waals surface area contributed by atoms with Crippen molar-refractivity contribution < 1.29 is 9.59 Å². The van der Waals surface area contributed by atoms with E-state index in [2.05, 4.69) is 13.8 Å². The Balaban J connectivity index is 2.30. The van der Waals surface area contributed by atoms with Gasteiger partial charge in [0.1, 0.15) is 0 Å². The van der Waals surface area contributed by atoms with E-state index in [1.807, 2.05) is 6.92 Å². The second-order valence-corrected chi connectivity index (χ2v) is 5.00. The van der Waals surface area contributed by atoms with Gasteiger partial charge in [-0.25, -0.2) is 0 Å². The molecule has 90 valence electrons. The third-order valence-electron chi connectivity index (χ3n) is 3.08. The van der Waals surface area contributed by atoms with Crippen LogP contribution in [0.1, 0.15) is 47.9 Å². The molecule has 2 amide bonds. The normalized spacial score (nSPS) is 16.6. The monoisotopic (exact) mass is 231 g/mol. The quantitative estimate of drug-likeness (QED) is 0.750. The molecule has 0 saturated heterocycles. The number of amides is 2. The summed E-state index contributed by atoms with van der Waals surface area (Å²) in [5.74, 6) is 0.159. The zero-order chi connectivity index (χ0) is 12.6. The summed E-state index contributed by atoms with van der Waals surface area (Å²) in [6, 6.07) is 6.98. The van der Waals surface area contributed by atoms with Crippen molar-refractivity contribution in [3.8, 4) is 0 Å². The van der Waals surface area contributed by atoms with Crippen LogP contribution in [0.3, 0.4) is 0 Å². The summed E-state index contributed by atoms with van der Waals surface area (Å²) in [6.07, 6.45) is 0.839. The van der Waals surface area contributed by atoms with Crippen LogP contribution >= 0.6 is 0 Å². The Morgan fingerprint density at radius 3 is 1.88 bits per heavy atom. The molecule has 0 aromatic heterocycles. The number of imide groups is 1. The Bertz CT molecular complexity index is 430. The maximum Gasteiger partial charge on any atom is 0.261 e. The van der Waals surface area contributed by atoms with Crippen LogP contribution in [0, 0.1) is 5.92 Å². The highest BCUT2D eigenvalue weighted by Crippen LogP contribution is 2.26. The maximum atomic E-state index is 12.1. The zero-order valence-electron chi connectivity index (χ0n) is 10.4. The fourth-order valence-corrected chi connectivity index (χ4v) is 2.40. The van der Waals surface area contributed by atoms with Crippen LogP contribution in [-0.2, 0) is 0 Å². The second-order valence-electron chi connectivity index (χ2n) is 5.00. The molecule has 0 radical (unpaired) electrons. The Labute approximate surface area is 101 Å². The Morgan fingerprint density at radius 1 is 1.00 bits per heavy atom. The highest BCUT2D eigenvalue weighted by atomic mass is 16.2. The minimum absolute atomic E-state index is 0.0394. The van der Waals surface area contributed by atoms with Crippen molar-refractivity contribution in [1.82, 2.24) is 4.90 Å². The lowest BCUT2D eigenvalue weighted by molar-refractivity contribution is 0.0581. The minimum atomic E-state index is -0.154. The van der Waals surface area contributed by atoms with Crippen LogP contribution in [0.4, 0.5) is 0 Å². The van der Waals surface area contributed by atoms with Crippen molar-refractivity contribution in [2.75, 3.05) is 0 Å². The molecule has 1 atom stereocenters. The average molecular weight is 231 g/mol. The molecule has 1 aromatic carbocycles. The highest BCUT2D eigenvalue weighted by molar-refractivity contribution is 6.21. The van der Waals surface area contributed by atoms with Crippen molar-refractivity contribution in [2.24, 2.45) is 5.92 Å². The van der Waals surface area contributed by atoms with Crippen molar-refractivity contribution in [3.63, 3.8) is 0 Å². The lowest BCUT2D eigenvalue weighted by Gasteiger charge is -2.23. The van der Waals surface area contributed by atoms with Gasteiger partial charge in [0.25, 0.3) is 11.8 Å². The molecule has 0 N–H and O–H groups in total. The molecule has 0 fully saturated rings. The van der Waals surface area contributed by atoms with Crippen LogP contribution in [0.25, 0.3) is 0 Å². The number of carbonyl (C=O) groups excluding carboxylic acids is 2. The standard InChI is InChI=1S/C14H17NO2/c1-9(2)8-10(3)15-13(16)11-6-4-5-7-12(11)14(15)17/h4-7,9-10H,8H2,1-3H3/t10-/m1/s1. The van der Waals surface area contributed by atoms with Gasteiger partial charge < -0.3 is 0 Å². The van der Waals surface area contributed by atoms with Gasteiger partial charge in [-0.1, -0.05) is 26.0 Å². The summed E-state index contributed by atoms with van der Waals surface area (Å²) in [7, 11) is 0. The number of rotatable bonds is 3. The van der Waals surface area contributed by atoms with Gasteiger partial charge >= 0.3 is 0 Å². The Kier molecular flexibility index (Phi) is 3.01. The third-order valence-corrected chi connectivity index (χ3v) is 3.08. The Hall–Kier alpha value is -1.64. The summed E-state index contributed by atoms with van der Waals surface area (Å²) in [5.41, 5.74) is 1.07. The smallest absolute Gasteiger partial charge is 0.261 e. The molecule has 0 spiro atoms. The van der Waals surface area contributed by atoms with Crippen LogP contribution in [0.15, 0.2) is 24.3 Å². The number of benzene rings is 1. The van der Waals surface area contributed by atoms with E-state index < -0.39 is 0 Å². The molecule has 0 bridgehead atoms. The average Bonchev–Trinajstić information content (AvgIpc) is 2.51. The molecule has 1 aliphatic heterocycles. The van der Waals surface area contributed by atoms with Gasteiger partial charge in [-0.05, 0) is 31.4 Å². The van der Waals surface area contributed by atoms with Gasteiger partial charge in [0.05, 0.1) is 11.1 Å². The van der Waals surface area contributed by atoms with Crippen LogP contribution in [-0.4, -0.2) is 22.8 Å². The summed E-state index contributed by atoms with van der Waals surface area (Å²) in [5, 5.41) is 0. The number of carbonyl (C=O) groups is 2. The molecule has 1 aliphatic rings. The summed E-state index contributed by atoms with van der Waals surface area (Å²) >= 11 is 0. The van der Waals surface area contributed by atoms with E-state index in [1.54, 1.807) is 24.3 Å². The SMILES string of the molecule is CC(C)C[C@@H](C)N1C(=O)c2ccccc2C1=O. The van der Waals surface area contributed by atoms with E-state index >= 15 is 0 Å². The number of hydrogen-bond acceptors (Lipinski definition) is 2. The molecule has 0 saturated carbocycles. The largest absolute Gasteiger partial charge is 0.271 e. The summed E-state index contributed by atoms with van der Waals surface area (Å²) < 4.78 is 0. The van der Waals surface area contributed by atoms with E-state index in [9.17, 15) is 9.59 Å². The van der Waals surface area contributed by atoms with Gasteiger partial charge in [0.2, 0.25) is 0 Å². The molecule has 17 heavy (non-hydrogen) atoms. The first-order chi connectivity index (χ1) is 8.02. The first-order valence-electron chi connectivity index (χ1n) is 5.99. The zero-order valence-corrected chi connectivity index (χ0v) is 10.4. The van der Waals surface area contributed by atoms with Gasteiger partial charge in [-0.3, -0.25) is 14.5 Å². The van der Waals surface area contributed by atoms with Gasteiger partial charge in [-0.15, -0.1) is 0 Å². The van der Waals surface area contributed by atoms with Crippen molar-refractivity contribution in [2.45, 2.75) is 33.2 Å². The van der Waals surface area contributed by atoms with E-state index in [0.29, 0.717) is 17.0 Å². The van der Waals surface area contributed by atoms with E-state index in [0.717, 1.165) is 6.42 Å². The van der Waals surface area contributed by atoms with Gasteiger partial charge in [-0.2, -0.15) is 0 Å². The number of nitrogens with zero attached hydrogens (tertiary/aromatic N) is 1. The predicted octanol–water partition coefficient (Wildman–Crippen LogP) is 2.72. The predicted molar refractivity (Wildman–Crippen MR) is 65.9 cm³/mol. The molecule has 3 nitrogen and oxygen atoms in total.